The van der Waals surface area contributed by atoms with Gasteiger partial charge in [0.1, 0.15) is 0 Å². The molecule has 0 atom stereocenters. The second kappa shape index (κ2) is 11.5. The first kappa shape index (κ1) is 31.0. The minimum absolute atomic E-state index is 0.0249. The molecular formula is C44H42NOP. The van der Waals surface area contributed by atoms with Crippen LogP contribution >= 0.6 is 7.14 Å². The van der Waals surface area contributed by atoms with Crippen molar-refractivity contribution >= 4 is 44.9 Å². The van der Waals surface area contributed by atoms with Gasteiger partial charge in [-0.05, 0) is 57.9 Å². The Morgan fingerprint density at radius 3 is 1.38 bits per heavy atom. The van der Waals surface area contributed by atoms with Gasteiger partial charge in [-0.25, -0.2) is 0 Å². The lowest BCUT2D eigenvalue weighted by Gasteiger charge is -2.24. The zero-order chi connectivity index (χ0) is 33.0. The van der Waals surface area contributed by atoms with E-state index < -0.39 is 7.14 Å². The Hall–Kier alpha value is -4.65. The molecule has 0 bridgehead atoms. The van der Waals surface area contributed by atoms with Crippen molar-refractivity contribution in [3.63, 3.8) is 0 Å². The molecule has 0 unspecified atom stereocenters. The van der Waals surface area contributed by atoms with Crippen molar-refractivity contribution in [2.75, 3.05) is 0 Å². The van der Waals surface area contributed by atoms with Crippen LogP contribution < -0.4 is 15.9 Å². The Morgan fingerprint density at radius 2 is 0.894 bits per heavy atom. The molecule has 0 fully saturated rings. The predicted molar refractivity (Wildman–Crippen MR) is 203 cm³/mol. The van der Waals surface area contributed by atoms with Crippen LogP contribution in [0.15, 0.2) is 146 Å². The number of nitrogens with zero attached hydrogens (tertiary/aromatic N) is 1. The Morgan fingerprint density at radius 1 is 0.468 bits per heavy atom. The summed E-state index contributed by atoms with van der Waals surface area (Å²) in [5.41, 5.74) is 8.11. The third kappa shape index (κ3) is 5.35. The topological polar surface area (TPSA) is 22.0 Å². The van der Waals surface area contributed by atoms with Crippen LogP contribution in [0.1, 0.15) is 52.7 Å². The zero-order valence-electron chi connectivity index (χ0n) is 28.2. The van der Waals surface area contributed by atoms with Crippen molar-refractivity contribution < 1.29 is 4.57 Å². The molecule has 0 aliphatic rings. The first-order valence-electron chi connectivity index (χ1n) is 16.5. The average molecular weight is 632 g/mol. The van der Waals surface area contributed by atoms with Crippen molar-refractivity contribution in [2.24, 2.45) is 0 Å². The highest BCUT2D eigenvalue weighted by molar-refractivity contribution is 7.85. The highest BCUT2D eigenvalue weighted by Gasteiger charge is 2.33. The fraction of sp³-hybridized carbons (Fsp3) is 0.182. The van der Waals surface area contributed by atoms with Gasteiger partial charge in [0.15, 0.2) is 7.14 Å². The fourth-order valence-corrected chi connectivity index (χ4v) is 9.66. The quantitative estimate of drug-likeness (QED) is 0.173. The molecule has 234 valence electrons. The first-order chi connectivity index (χ1) is 22.5. The van der Waals surface area contributed by atoms with E-state index in [2.05, 4.69) is 125 Å². The lowest BCUT2D eigenvalue weighted by atomic mass is 9.85. The van der Waals surface area contributed by atoms with Crippen LogP contribution in [-0.2, 0) is 15.4 Å². The summed E-state index contributed by atoms with van der Waals surface area (Å²) in [5, 5.41) is 5.01. The van der Waals surface area contributed by atoms with E-state index in [9.17, 15) is 0 Å². The van der Waals surface area contributed by atoms with Gasteiger partial charge >= 0.3 is 0 Å². The molecule has 0 saturated heterocycles. The highest BCUT2D eigenvalue weighted by atomic mass is 31.2. The summed E-state index contributed by atoms with van der Waals surface area (Å²) >= 11 is 0. The summed E-state index contributed by atoms with van der Waals surface area (Å²) in [6.07, 6.45) is 0. The number of hydrogen-bond donors (Lipinski definition) is 0. The maximum Gasteiger partial charge on any atom is 0.171 e. The number of rotatable bonds is 5. The van der Waals surface area contributed by atoms with Crippen LogP contribution in [0.25, 0.3) is 38.6 Å². The lowest BCUT2D eigenvalue weighted by molar-refractivity contribution is 0.590. The zero-order valence-corrected chi connectivity index (χ0v) is 29.1. The summed E-state index contributed by atoms with van der Waals surface area (Å²) in [5.74, 6) is 0. The monoisotopic (exact) mass is 631 g/mol. The summed E-state index contributed by atoms with van der Waals surface area (Å²) < 4.78 is 18.1. The van der Waals surface area contributed by atoms with Gasteiger partial charge < -0.3 is 9.13 Å². The molecule has 0 radical (unpaired) electrons. The van der Waals surface area contributed by atoms with E-state index in [0.29, 0.717) is 0 Å². The van der Waals surface area contributed by atoms with E-state index in [-0.39, 0.29) is 10.8 Å². The normalized spacial score (nSPS) is 12.6. The van der Waals surface area contributed by atoms with E-state index in [1.807, 2.05) is 66.7 Å². The number of para-hydroxylation sites is 1. The van der Waals surface area contributed by atoms with E-state index >= 15 is 4.57 Å². The van der Waals surface area contributed by atoms with Crippen molar-refractivity contribution in [3.8, 4) is 16.8 Å². The standard InChI is InChI=1S/C44H42NOP/c1-43(2,3)31-25-27-40-37(29-31)38-30-32(44(4,5)6)26-28-41(38)45(40)39-23-15-13-21-35(39)36-22-14-16-24-42(36)47(46,33-17-9-7-10-18-33)34-19-11-8-12-20-34/h7-30H,1-6H3. The van der Waals surface area contributed by atoms with Crippen molar-refractivity contribution in [1.82, 2.24) is 4.57 Å². The average Bonchev–Trinajstić information content (AvgIpc) is 3.41. The van der Waals surface area contributed by atoms with Gasteiger partial charge in [-0.2, -0.15) is 0 Å². The molecular weight excluding hydrogens is 589 g/mol. The fourth-order valence-electron chi connectivity index (χ4n) is 6.79. The van der Waals surface area contributed by atoms with E-state index in [4.69, 9.17) is 0 Å². The highest BCUT2D eigenvalue weighted by Crippen LogP contribution is 2.47. The summed E-state index contributed by atoms with van der Waals surface area (Å²) in [6.45, 7) is 13.7. The summed E-state index contributed by atoms with van der Waals surface area (Å²) in [7, 11) is -3.23. The largest absolute Gasteiger partial charge is 0.309 e. The van der Waals surface area contributed by atoms with Crippen LogP contribution in [0.2, 0.25) is 0 Å². The molecule has 0 N–H and O–H groups in total. The molecule has 0 aliphatic carbocycles. The van der Waals surface area contributed by atoms with E-state index in [1.54, 1.807) is 0 Å². The number of aromatic nitrogens is 1. The third-order valence-corrected chi connectivity index (χ3v) is 12.5. The first-order valence-corrected chi connectivity index (χ1v) is 18.2. The molecule has 3 heteroatoms. The predicted octanol–water partition coefficient (Wildman–Crippen LogP) is 10.7. The Labute approximate surface area is 279 Å². The Kier molecular flexibility index (Phi) is 7.61. The lowest BCUT2D eigenvalue weighted by Crippen LogP contribution is -2.26. The van der Waals surface area contributed by atoms with Gasteiger partial charge in [-0.1, -0.05) is 157 Å². The molecule has 0 amide bonds. The SMILES string of the molecule is CC(C)(C)c1ccc2c(c1)c1cc(C(C)(C)C)ccc1n2-c1ccccc1-c1ccccc1P(=O)(c1ccccc1)c1ccccc1. The van der Waals surface area contributed by atoms with Gasteiger partial charge in [-0.15, -0.1) is 0 Å². The van der Waals surface area contributed by atoms with Crippen molar-refractivity contribution in [1.29, 1.82) is 0 Å². The van der Waals surface area contributed by atoms with Crippen molar-refractivity contribution in [2.45, 2.75) is 52.4 Å². The van der Waals surface area contributed by atoms with E-state index in [1.165, 1.54) is 32.9 Å². The van der Waals surface area contributed by atoms with Gasteiger partial charge in [-0.3, -0.25) is 0 Å². The maximum atomic E-state index is 15.7. The van der Waals surface area contributed by atoms with Crippen LogP contribution in [0.3, 0.4) is 0 Å². The van der Waals surface area contributed by atoms with Gasteiger partial charge in [0.05, 0.1) is 16.7 Å². The summed E-state index contributed by atoms with van der Waals surface area (Å²) in [6, 6.07) is 50.7. The molecule has 7 rings (SSSR count). The number of hydrogen-bond acceptors (Lipinski definition) is 1. The summed E-state index contributed by atoms with van der Waals surface area (Å²) in [4.78, 5) is 0. The van der Waals surface area contributed by atoms with E-state index in [0.717, 1.165) is 32.7 Å². The van der Waals surface area contributed by atoms with Crippen LogP contribution in [0, 0.1) is 0 Å². The van der Waals surface area contributed by atoms with Crippen LogP contribution in [0.5, 0.6) is 0 Å². The number of fused-ring (bicyclic) bond motifs is 3. The molecule has 0 spiro atoms. The Balaban J connectivity index is 1.54. The second-order valence-electron chi connectivity index (χ2n) is 14.6. The van der Waals surface area contributed by atoms with Gasteiger partial charge in [0.2, 0.25) is 0 Å². The molecule has 2 nitrogen and oxygen atoms in total. The van der Waals surface area contributed by atoms with Crippen LogP contribution in [0.4, 0.5) is 0 Å². The molecule has 0 saturated carbocycles. The Bertz CT molecular complexity index is 2170. The minimum atomic E-state index is -3.23. The van der Waals surface area contributed by atoms with Gasteiger partial charge in [0, 0.05) is 32.2 Å². The smallest absolute Gasteiger partial charge is 0.171 e. The molecule has 7 aromatic rings. The molecule has 0 aliphatic heterocycles. The maximum absolute atomic E-state index is 15.7. The van der Waals surface area contributed by atoms with Crippen LogP contribution in [-0.4, -0.2) is 4.57 Å². The van der Waals surface area contributed by atoms with Crippen molar-refractivity contribution in [3.05, 3.63) is 157 Å². The van der Waals surface area contributed by atoms with Gasteiger partial charge in [0.25, 0.3) is 0 Å². The molecule has 47 heavy (non-hydrogen) atoms. The molecule has 6 aromatic carbocycles. The third-order valence-electron chi connectivity index (χ3n) is 9.42. The minimum Gasteiger partial charge on any atom is -0.309 e. The number of benzene rings is 6. The second-order valence-corrected chi connectivity index (χ2v) is 17.3. The molecule has 1 aromatic heterocycles. The molecule has 1 heterocycles.